The molecule has 2 saturated heterocycles. The number of nitrogens with zero attached hydrogens (tertiary/aromatic N) is 1. The van der Waals surface area contributed by atoms with Crippen molar-refractivity contribution in [3.63, 3.8) is 0 Å². The first kappa shape index (κ1) is 15.0. The quantitative estimate of drug-likeness (QED) is 0.921. The maximum Gasteiger partial charge on any atom is 0.175 e. The molecule has 5 heteroatoms. The Morgan fingerprint density at radius 3 is 2.24 bits per heavy atom. The normalized spacial score (nSPS) is 29.0. The van der Waals surface area contributed by atoms with E-state index in [4.69, 9.17) is 0 Å². The lowest BCUT2D eigenvalue weighted by Crippen LogP contribution is -2.46. The van der Waals surface area contributed by atoms with Gasteiger partial charge >= 0.3 is 0 Å². The highest BCUT2D eigenvalue weighted by Crippen LogP contribution is 2.29. The van der Waals surface area contributed by atoms with Gasteiger partial charge < -0.3 is 5.32 Å². The molecule has 2 fully saturated rings. The zero-order valence-electron chi connectivity index (χ0n) is 12.7. The van der Waals surface area contributed by atoms with E-state index in [-0.39, 0.29) is 0 Å². The lowest BCUT2D eigenvalue weighted by Gasteiger charge is -2.35. The van der Waals surface area contributed by atoms with Crippen molar-refractivity contribution in [2.24, 2.45) is 0 Å². The molecule has 1 aromatic rings. The predicted octanol–water partition coefficient (Wildman–Crippen LogP) is 1.80. The summed E-state index contributed by atoms with van der Waals surface area (Å²) in [5.41, 5.74) is 1.18. The topological polar surface area (TPSA) is 49.4 Å². The van der Waals surface area contributed by atoms with Crippen molar-refractivity contribution < 1.29 is 8.42 Å². The Hall–Kier alpha value is -0.910. The van der Waals surface area contributed by atoms with Crippen molar-refractivity contribution >= 4 is 9.84 Å². The van der Waals surface area contributed by atoms with Crippen LogP contribution in [-0.4, -0.2) is 44.7 Å². The summed E-state index contributed by atoms with van der Waals surface area (Å²) >= 11 is 0. The summed E-state index contributed by atoms with van der Waals surface area (Å²) in [6.45, 7) is 0.883. The van der Waals surface area contributed by atoms with Gasteiger partial charge in [-0.05, 0) is 50.4 Å². The van der Waals surface area contributed by atoms with Gasteiger partial charge in [0, 0.05) is 30.9 Å². The molecule has 0 spiro atoms. The Bertz CT molecular complexity index is 585. The standard InChI is InChI=1S/C16H24N2O2S/c1-18(15-9-13-5-6-14(10-15)17-13)11-12-3-7-16(8-4-12)21(2,19)20/h3-4,7-8,13-15,17H,5-6,9-11H2,1-2H3. The third-order valence-electron chi connectivity index (χ3n) is 4.86. The molecule has 0 aromatic heterocycles. The molecule has 2 aliphatic heterocycles. The highest BCUT2D eigenvalue weighted by molar-refractivity contribution is 7.90. The van der Waals surface area contributed by atoms with Crippen LogP contribution in [0, 0.1) is 0 Å². The largest absolute Gasteiger partial charge is 0.311 e. The van der Waals surface area contributed by atoms with Crippen molar-refractivity contribution in [2.45, 2.75) is 55.2 Å². The predicted molar refractivity (Wildman–Crippen MR) is 84.0 cm³/mol. The van der Waals surface area contributed by atoms with Crippen LogP contribution in [0.2, 0.25) is 0 Å². The Morgan fingerprint density at radius 1 is 1.14 bits per heavy atom. The summed E-state index contributed by atoms with van der Waals surface area (Å²) in [5, 5.41) is 3.67. The third-order valence-corrected chi connectivity index (χ3v) is 5.98. The van der Waals surface area contributed by atoms with E-state index in [1.807, 2.05) is 12.1 Å². The molecule has 3 rings (SSSR count). The van der Waals surface area contributed by atoms with Crippen LogP contribution in [0.5, 0.6) is 0 Å². The van der Waals surface area contributed by atoms with Gasteiger partial charge in [0.1, 0.15) is 0 Å². The van der Waals surface area contributed by atoms with E-state index >= 15 is 0 Å². The van der Waals surface area contributed by atoms with Crippen LogP contribution in [0.15, 0.2) is 29.2 Å². The van der Waals surface area contributed by atoms with Gasteiger partial charge in [-0.25, -0.2) is 8.42 Å². The first-order valence-corrected chi connectivity index (χ1v) is 9.56. The molecule has 0 saturated carbocycles. The number of sulfone groups is 1. The zero-order valence-corrected chi connectivity index (χ0v) is 13.6. The van der Waals surface area contributed by atoms with Crippen molar-refractivity contribution in [1.29, 1.82) is 0 Å². The SMILES string of the molecule is CN(Cc1ccc(S(C)(=O)=O)cc1)C1CC2CCC(C1)N2. The summed E-state index contributed by atoms with van der Waals surface area (Å²) in [6.07, 6.45) is 6.35. The number of piperidine rings is 1. The Labute approximate surface area is 127 Å². The molecular formula is C16H24N2O2S. The lowest BCUT2D eigenvalue weighted by atomic mass is 9.98. The van der Waals surface area contributed by atoms with E-state index in [1.165, 1.54) is 37.5 Å². The van der Waals surface area contributed by atoms with Gasteiger partial charge in [-0.2, -0.15) is 0 Å². The molecule has 0 radical (unpaired) electrons. The van der Waals surface area contributed by atoms with Gasteiger partial charge in [-0.3, -0.25) is 4.90 Å². The Balaban J connectivity index is 1.63. The maximum atomic E-state index is 11.5. The minimum atomic E-state index is -3.10. The molecule has 4 nitrogen and oxygen atoms in total. The average molecular weight is 308 g/mol. The van der Waals surface area contributed by atoms with Crippen molar-refractivity contribution in [1.82, 2.24) is 10.2 Å². The fourth-order valence-electron chi connectivity index (χ4n) is 3.65. The molecule has 1 aromatic carbocycles. The minimum absolute atomic E-state index is 0.397. The smallest absolute Gasteiger partial charge is 0.175 e. The molecule has 21 heavy (non-hydrogen) atoms. The second-order valence-corrected chi connectivity index (χ2v) is 8.61. The van der Waals surface area contributed by atoms with Gasteiger partial charge in [0.2, 0.25) is 0 Å². The molecule has 2 heterocycles. The van der Waals surface area contributed by atoms with E-state index in [2.05, 4.69) is 17.3 Å². The van der Waals surface area contributed by atoms with Crippen LogP contribution < -0.4 is 5.32 Å². The van der Waals surface area contributed by atoms with Gasteiger partial charge in [-0.15, -0.1) is 0 Å². The van der Waals surface area contributed by atoms with Crippen LogP contribution in [0.1, 0.15) is 31.2 Å². The first-order valence-electron chi connectivity index (χ1n) is 7.67. The van der Waals surface area contributed by atoms with Gasteiger partial charge in [-0.1, -0.05) is 12.1 Å². The number of fused-ring (bicyclic) bond motifs is 2. The summed E-state index contributed by atoms with van der Waals surface area (Å²) in [7, 11) is -0.916. The van der Waals surface area contributed by atoms with Crippen LogP contribution >= 0.6 is 0 Å². The number of hydrogen-bond donors (Lipinski definition) is 1. The average Bonchev–Trinajstić information content (AvgIpc) is 2.77. The van der Waals surface area contributed by atoms with Gasteiger partial charge in [0.25, 0.3) is 0 Å². The third kappa shape index (κ3) is 3.47. The molecule has 1 N–H and O–H groups in total. The van der Waals surface area contributed by atoms with Crippen molar-refractivity contribution in [3.8, 4) is 0 Å². The number of nitrogens with one attached hydrogen (secondary N) is 1. The van der Waals surface area contributed by atoms with E-state index in [0.29, 0.717) is 23.0 Å². The van der Waals surface area contributed by atoms with Crippen molar-refractivity contribution in [3.05, 3.63) is 29.8 Å². The number of rotatable bonds is 4. The van der Waals surface area contributed by atoms with Crippen LogP contribution in [0.4, 0.5) is 0 Å². The van der Waals surface area contributed by atoms with Gasteiger partial charge in [0.05, 0.1) is 4.90 Å². The molecule has 0 amide bonds. The minimum Gasteiger partial charge on any atom is -0.311 e. The fourth-order valence-corrected chi connectivity index (χ4v) is 4.28. The van der Waals surface area contributed by atoms with E-state index in [0.717, 1.165) is 6.54 Å². The van der Waals surface area contributed by atoms with Crippen LogP contribution in [-0.2, 0) is 16.4 Å². The first-order chi connectivity index (χ1) is 9.91. The highest BCUT2D eigenvalue weighted by Gasteiger charge is 2.34. The highest BCUT2D eigenvalue weighted by atomic mass is 32.2. The monoisotopic (exact) mass is 308 g/mol. The van der Waals surface area contributed by atoms with E-state index in [9.17, 15) is 8.42 Å². The summed E-state index contributed by atoms with van der Waals surface area (Å²) in [4.78, 5) is 2.82. The molecule has 116 valence electrons. The van der Waals surface area contributed by atoms with E-state index in [1.54, 1.807) is 12.1 Å². The van der Waals surface area contributed by atoms with Crippen molar-refractivity contribution in [2.75, 3.05) is 13.3 Å². The summed E-state index contributed by atoms with van der Waals surface area (Å²) in [6, 6.07) is 9.33. The Kier molecular flexibility index (Phi) is 4.08. The maximum absolute atomic E-state index is 11.5. The van der Waals surface area contributed by atoms with Crippen LogP contribution in [0.25, 0.3) is 0 Å². The van der Waals surface area contributed by atoms with E-state index < -0.39 is 9.84 Å². The second-order valence-electron chi connectivity index (χ2n) is 6.59. The molecular weight excluding hydrogens is 284 g/mol. The zero-order chi connectivity index (χ0) is 15.0. The molecule has 2 aliphatic rings. The molecule has 2 atom stereocenters. The van der Waals surface area contributed by atoms with Crippen LogP contribution in [0.3, 0.4) is 0 Å². The number of hydrogen-bond acceptors (Lipinski definition) is 4. The molecule has 2 bridgehead atoms. The van der Waals surface area contributed by atoms with Gasteiger partial charge in [0.15, 0.2) is 9.84 Å². The molecule has 0 aliphatic carbocycles. The lowest BCUT2D eigenvalue weighted by molar-refractivity contribution is 0.166. The summed E-state index contributed by atoms with van der Waals surface area (Å²) < 4.78 is 23.0. The fraction of sp³-hybridized carbons (Fsp3) is 0.625. The summed E-state index contributed by atoms with van der Waals surface area (Å²) in [5.74, 6) is 0. The number of benzene rings is 1. The Morgan fingerprint density at radius 2 is 1.71 bits per heavy atom. The second kappa shape index (κ2) is 5.71. The molecule has 2 unspecified atom stereocenters.